The number of ether oxygens (including phenoxy) is 2. The van der Waals surface area contributed by atoms with Gasteiger partial charge in [0.1, 0.15) is 35.4 Å². The van der Waals surface area contributed by atoms with Crippen LogP contribution in [0.5, 0.6) is 11.5 Å². The largest absolute Gasteiger partial charge is 0.494 e. The fourth-order valence-electron chi connectivity index (χ4n) is 5.77. The number of benzene rings is 3. The predicted octanol–water partition coefficient (Wildman–Crippen LogP) is 5.98. The van der Waals surface area contributed by atoms with E-state index < -0.39 is 5.92 Å². The molecule has 1 saturated carbocycles. The first-order chi connectivity index (χ1) is 17.6. The summed E-state index contributed by atoms with van der Waals surface area (Å²) in [5, 5.41) is 0. The molecule has 0 radical (unpaired) electrons. The molecule has 0 N–H and O–H groups in total. The molecule has 4 aromatic rings. The summed E-state index contributed by atoms with van der Waals surface area (Å²) in [7, 11) is 3.61. The van der Waals surface area contributed by atoms with E-state index >= 15 is 0 Å². The number of fused-ring (bicyclic) bond motifs is 2. The van der Waals surface area contributed by atoms with Gasteiger partial charge in [-0.3, -0.25) is 9.59 Å². The van der Waals surface area contributed by atoms with Crippen LogP contribution >= 0.6 is 0 Å². The van der Waals surface area contributed by atoms with E-state index in [4.69, 9.17) is 14.5 Å². The molecule has 1 fully saturated rings. The number of ketones is 2. The smallest absolute Gasteiger partial charge is 0.179 e. The first-order valence-electron chi connectivity index (χ1n) is 12.5. The Morgan fingerprint density at radius 1 is 0.944 bits per heavy atom. The summed E-state index contributed by atoms with van der Waals surface area (Å²) in [6.45, 7) is 0.392. The van der Waals surface area contributed by atoms with Crippen LogP contribution in [0.1, 0.15) is 75.2 Å². The van der Waals surface area contributed by atoms with Gasteiger partial charge in [-0.1, -0.05) is 49.2 Å². The molecule has 1 atom stereocenters. The third kappa shape index (κ3) is 3.60. The van der Waals surface area contributed by atoms with Crippen LogP contribution in [0.3, 0.4) is 0 Å². The quantitative estimate of drug-likeness (QED) is 0.318. The predicted molar refractivity (Wildman–Crippen MR) is 137 cm³/mol. The Bertz CT molecular complexity index is 1480. The van der Waals surface area contributed by atoms with Gasteiger partial charge in [0.05, 0.1) is 12.6 Å². The summed E-state index contributed by atoms with van der Waals surface area (Å²) < 4.78 is 13.6. The maximum atomic E-state index is 13.7. The average molecular weight is 481 g/mol. The summed E-state index contributed by atoms with van der Waals surface area (Å²) in [6.07, 6.45) is 4.60. The fourth-order valence-corrected chi connectivity index (χ4v) is 5.77. The van der Waals surface area contributed by atoms with Crippen molar-refractivity contribution in [1.29, 1.82) is 0 Å². The van der Waals surface area contributed by atoms with Crippen LogP contribution in [0, 0.1) is 0 Å². The third-order valence-corrected chi connectivity index (χ3v) is 7.60. The van der Waals surface area contributed by atoms with Crippen molar-refractivity contribution in [2.24, 2.45) is 7.05 Å². The fraction of sp³-hybridized carbons (Fsp3) is 0.300. The molecule has 1 heterocycles. The minimum Gasteiger partial charge on any atom is -0.494 e. The van der Waals surface area contributed by atoms with Crippen molar-refractivity contribution in [2.45, 2.75) is 44.1 Å². The van der Waals surface area contributed by atoms with Crippen LogP contribution in [-0.2, 0) is 13.7 Å². The highest BCUT2D eigenvalue weighted by atomic mass is 16.5. The van der Waals surface area contributed by atoms with Crippen molar-refractivity contribution in [3.63, 3.8) is 0 Å². The van der Waals surface area contributed by atoms with E-state index in [-0.39, 0.29) is 11.6 Å². The molecule has 2 aliphatic rings. The van der Waals surface area contributed by atoms with Gasteiger partial charge in [0.2, 0.25) is 0 Å². The van der Waals surface area contributed by atoms with E-state index in [9.17, 15) is 9.59 Å². The van der Waals surface area contributed by atoms with Gasteiger partial charge in [0.25, 0.3) is 0 Å². The van der Waals surface area contributed by atoms with Crippen LogP contribution in [0.15, 0.2) is 60.7 Å². The Kier molecular flexibility index (Phi) is 5.59. The van der Waals surface area contributed by atoms with E-state index in [0.717, 1.165) is 29.7 Å². The molecule has 3 aromatic carbocycles. The number of Topliss-reactive ketones (excluding diaryl/α,β-unsaturated/α-hetero) is 2. The lowest BCUT2D eigenvalue weighted by atomic mass is 9.92. The minimum atomic E-state index is -0.899. The van der Waals surface area contributed by atoms with Crippen LogP contribution < -0.4 is 9.47 Å². The lowest BCUT2D eigenvalue weighted by Gasteiger charge is -2.13. The molecule has 0 saturated heterocycles. The van der Waals surface area contributed by atoms with Crippen molar-refractivity contribution in [3.8, 4) is 11.5 Å². The van der Waals surface area contributed by atoms with E-state index in [1.54, 1.807) is 25.3 Å². The molecule has 182 valence electrons. The summed E-state index contributed by atoms with van der Waals surface area (Å²) >= 11 is 0. The van der Waals surface area contributed by atoms with Gasteiger partial charge < -0.3 is 14.0 Å². The molecular weight excluding hydrogens is 452 g/mol. The van der Waals surface area contributed by atoms with Crippen molar-refractivity contribution < 1.29 is 19.1 Å². The maximum Gasteiger partial charge on any atom is 0.179 e. The number of aryl methyl sites for hydroxylation is 1. The molecule has 0 aliphatic heterocycles. The molecule has 0 bridgehead atoms. The highest BCUT2D eigenvalue weighted by Gasteiger charge is 2.41. The van der Waals surface area contributed by atoms with Gasteiger partial charge in [0, 0.05) is 24.1 Å². The van der Waals surface area contributed by atoms with E-state index in [0.29, 0.717) is 46.2 Å². The molecule has 36 heavy (non-hydrogen) atoms. The first-order valence-corrected chi connectivity index (χ1v) is 12.5. The lowest BCUT2D eigenvalue weighted by Crippen LogP contribution is -2.14. The molecule has 1 unspecified atom stereocenters. The molecule has 2 aliphatic carbocycles. The molecule has 6 heteroatoms. The molecule has 1 aromatic heterocycles. The number of aromatic nitrogens is 2. The monoisotopic (exact) mass is 480 g/mol. The number of methoxy groups -OCH3 is 1. The highest BCUT2D eigenvalue weighted by molar-refractivity contribution is 6.30. The van der Waals surface area contributed by atoms with Crippen LogP contribution in [0.4, 0.5) is 0 Å². The molecule has 6 rings (SSSR count). The standard InChI is InChI=1S/C30H28N2O4/c1-32-27-22(14-15-24(35-2)26(27)31-30(32)19-10-6-7-11-19)25-28(33)21-13-12-20(16-23(21)29(25)34)36-17-18-8-4-3-5-9-18/h3-5,8-9,12-16,19,25H,6-7,10-11,17H2,1-2H3. The maximum absolute atomic E-state index is 13.7. The van der Waals surface area contributed by atoms with Crippen LogP contribution in [0.25, 0.3) is 11.0 Å². The zero-order chi connectivity index (χ0) is 24.8. The topological polar surface area (TPSA) is 70.4 Å². The van der Waals surface area contributed by atoms with Crippen molar-refractivity contribution in [2.75, 3.05) is 7.11 Å². The number of carbonyl (C=O) groups excluding carboxylic acids is 2. The Balaban J connectivity index is 1.38. The Hall–Kier alpha value is -3.93. The van der Waals surface area contributed by atoms with Crippen molar-refractivity contribution in [3.05, 3.63) is 88.7 Å². The number of nitrogens with zero attached hydrogens (tertiary/aromatic N) is 2. The zero-order valence-corrected chi connectivity index (χ0v) is 20.5. The van der Waals surface area contributed by atoms with E-state index in [1.807, 2.05) is 49.5 Å². The number of hydrogen-bond donors (Lipinski definition) is 0. The molecule has 6 nitrogen and oxygen atoms in total. The number of rotatable bonds is 6. The first kappa shape index (κ1) is 22.5. The number of carbonyl (C=O) groups is 2. The Labute approximate surface area is 209 Å². The van der Waals surface area contributed by atoms with Gasteiger partial charge in [0.15, 0.2) is 11.6 Å². The van der Waals surface area contributed by atoms with E-state index in [2.05, 4.69) is 4.57 Å². The molecular formula is C30H28N2O4. The summed E-state index contributed by atoms with van der Waals surface area (Å²) in [4.78, 5) is 32.2. The van der Waals surface area contributed by atoms with Gasteiger partial charge in [-0.15, -0.1) is 0 Å². The minimum absolute atomic E-state index is 0.181. The Morgan fingerprint density at radius 2 is 1.69 bits per heavy atom. The SMILES string of the molecule is COc1ccc(C2C(=O)c3ccc(OCc4ccccc4)cc3C2=O)c2c1nc(C1CCCC1)n2C. The van der Waals surface area contributed by atoms with Gasteiger partial charge in [-0.2, -0.15) is 0 Å². The highest BCUT2D eigenvalue weighted by Crippen LogP contribution is 2.42. The second kappa shape index (κ2) is 8.94. The second-order valence-corrected chi connectivity index (χ2v) is 9.71. The van der Waals surface area contributed by atoms with Crippen molar-refractivity contribution >= 4 is 22.6 Å². The van der Waals surface area contributed by atoms with Crippen molar-refractivity contribution in [1.82, 2.24) is 9.55 Å². The lowest BCUT2D eigenvalue weighted by molar-refractivity contribution is 0.0890. The van der Waals surface area contributed by atoms with Gasteiger partial charge >= 0.3 is 0 Å². The van der Waals surface area contributed by atoms with Gasteiger partial charge in [-0.25, -0.2) is 4.98 Å². The summed E-state index contributed by atoms with van der Waals surface area (Å²) in [5.41, 5.74) is 4.09. The number of imidazole rings is 1. The van der Waals surface area contributed by atoms with Crippen LogP contribution in [-0.4, -0.2) is 28.2 Å². The van der Waals surface area contributed by atoms with Gasteiger partial charge in [-0.05, 0) is 48.2 Å². The third-order valence-electron chi connectivity index (χ3n) is 7.60. The normalized spacial score (nSPS) is 17.7. The van der Waals surface area contributed by atoms with E-state index in [1.165, 1.54) is 12.8 Å². The summed E-state index contributed by atoms with van der Waals surface area (Å²) in [6, 6.07) is 18.7. The number of hydrogen-bond acceptors (Lipinski definition) is 5. The summed E-state index contributed by atoms with van der Waals surface area (Å²) in [5.74, 6) is 1.33. The average Bonchev–Trinajstić information content (AvgIpc) is 3.61. The molecule has 0 spiro atoms. The molecule has 0 amide bonds. The zero-order valence-electron chi connectivity index (χ0n) is 20.5. The van der Waals surface area contributed by atoms with Crippen LogP contribution in [0.2, 0.25) is 0 Å². The Morgan fingerprint density at radius 3 is 2.44 bits per heavy atom. The second-order valence-electron chi connectivity index (χ2n) is 9.71.